The highest BCUT2D eigenvalue weighted by molar-refractivity contribution is 6.30. The standard InChI is InChI=1S/C28H25ClN2O2/c1-20(33-24-15-12-23(29)13-16-24)28-30-26-9-4-5-10-27(26)31(28)17-6-18-32-25-14-11-21-7-2-3-8-22(21)19-25/h2-5,7-16,19-20H,6,17-18H2,1H3. The van der Waals surface area contributed by atoms with Crippen LogP contribution in [0, 0.1) is 0 Å². The quantitative estimate of drug-likeness (QED) is 0.227. The molecule has 0 spiro atoms. The van der Waals surface area contributed by atoms with Crippen LogP contribution in [-0.2, 0) is 6.54 Å². The molecule has 33 heavy (non-hydrogen) atoms. The lowest BCUT2D eigenvalue weighted by atomic mass is 10.1. The number of imidazole rings is 1. The molecule has 1 atom stereocenters. The molecule has 0 aliphatic heterocycles. The first-order valence-electron chi connectivity index (χ1n) is 11.2. The number of halogens is 1. The van der Waals surface area contributed by atoms with Crippen molar-refractivity contribution in [2.75, 3.05) is 6.61 Å². The number of hydrogen-bond donors (Lipinski definition) is 0. The largest absolute Gasteiger partial charge is 0.494 e. The van der Waals surface area contributed by atoms with Crippen molar-refractivity contribution in [1.29, 1.82) is 0 Å². The Kier molecular flexibility index (Phi) is 6.18. The van der Waals surface area contributed by atoms with E-state index in [1.165, 1.54) is 10.8 Å². The molecule has 5 aromatic rings. The Hall–Kier alpha value is -3.50. The summed E-state index contributed by atoms with van der Waals surface area (Å²) in [6.45, 7) is 3.44. The van der Waals surface area contributed by atoms with Crippen LogP contribution in [0.5, 0.6) is 11.5 Å². The number of rotatable bonds is 8. The van der Waals surface area contributed by atoms with Crippen LogP contribution in [0.25, 0.3) is 21.8 Å². The molecule has 1 unspecified atom stereocenters. The van der Waals surface area contributed by atoms with E-state index in [-0.39, 0.29) is 6.10 Å². The van der Waals surface area contributed by atoms with Gasteiger partial charge in [-0.1, -0.05) is 54.1 Å². The summed E-state index contributed by atoms with van der Waals surface area (Å²) in [7, 11) is 0. The van der Waals surface area contributed by atoms with Gasteiger partial charge in [0.05, 0.1) is 17.6 Å². The van der Waals surface area contributed by atoms with Crippen molar-refractivity contribution in [2.24, 2.45) is 0 Å². The molecule has 166 valence electrons. The third kappa shape index (κ3) is 4.81. The second-order valence-electron chi connectivity index (χ2n) is 8.04. The zero-order valence-corrected chi connectivity index (χ0v) is 19.2. The van der Waals surface area contributed by atoms with Gasteiger partial charge in [-0.15, -0.1) is 0 Å². The van der Waals surface area contributed by atoms with E-state index in [0.717, 1.165) is 41.3 Å². The highest BCUT2D eigenvalue weighted by Crippen LogP contribution is 2.27. The molecule has 0 bridgehead atoms. The number of para-hydroxylation sites is 2. The Morgan fingerprint density at radius 1 is 0.848 bits per heavy atom. The summed E-state index contributed by atoms with van der Waals surface area (Å²) in [6, 6.07) is 30.1. The van der Waals surface area contributed by atoms with Gasteiger partial charge in [0.2, 0.25) is 0 Å². The first-order chi connectivity index (χ1) is 16.2. The lowest BCUT2D eigenvalue weighted by molar-refractivity contribution is 0.210. The van der Waals surface area contributed by atoms with E-state index in [9.17, 15) is 0 Å². The Morgan fingerprint density at radius 3 is 2.42 bits per heavy atom. The van der Waals surface area contributed by atoms with Gasteiger partial charge in [-0.25, -0.2) is 4.98 Å². The van der Waals surface area contributed by atoms with E-state index in [1.54, 1.807) is 0 Å². The summed E-state index contributed by atoms with van der Waals surface area (Å²) in [5.74, 6) is 2.56. The molecule has 4 nitrogen and oxygen atoms in total. The highest BCUT2D eigenvalue weighted by atomic mass is 35.5. The van der Waals surface area contributed by atoms with E-state index in [0.29, 0.717) is 11.6 Å². The zero-order valence-electron chi connectivity index (χ0n) is 18.4. The molecule has 5 heteroatoms. The molecule has 1 heterocycles. The van der Waals surface area contributed by atoms with Crippen LogP contribution in [0.3, 0.4) is 0 Å². The second kappa shape index (κ2) is 9.55. The molecule has 0 aliphatic rings. The van der Waals surface area contributed by atoms with E-state index >= 15 is 0 Å². The topological polar surface area (TPSA) is 36.3 Å². The summed E-state index contributed by atoms with van der Waals surface area (Å²) >= 11 is 6.00. The molecule has 0 saturated heterocycles. The fraction of sp³-hybridized carbons (Fsp3) is 0.179. The fourth-order valence-corrected chi connectivity index (χ4v) is 4.21. The third-order valence-electron chi connectivity index (χ3n) is 5.69. The van der Waals surface area contributed by atoms with Gasteiger partial charge in [0.1, 0.15) is 11.5 Å². The zero-order chi connectivity index (χ0) is 22.6. The predicted molar refractivity (Wildman–Crippen MR) is 134 cm³/mol. The summed E-state index contributed by atoms with van der Waals surface area (Å²) in [4.78, 5) is 4.87. The van der Waals surface area contributed by atoms with E-state index in [1.807, 2.05) is 67.6 Å². The number of aromatic nitrogens is 2. The molecule has 1 aromatic heterocycles. The number of benzene rings is 4. The van der Waals surface area contributed by atoms with Crippen molar-refractivity contribution < 1.29 is 9.47 Å². The number of fused-ring (bicyclic) bond motifs is 2. The Labute approximate surface area is 198 Å². The summed E-state index contributed by atoms with van der Waals surface area (Å²) in [5.41, 5.74) is 2.07. The molecule has 0 amide bonds. The van der Waals surface area contributed by atoms with Crippen LogP contribution in [0.15, 0.2) is 91.0 Å². The van der Waals surface area contributed by atoms with Crippen LogP contribution in [0.1, 0.15) is 25.3 Å². The maximum atomic E-state index is 6.17. The minimum absolute atomic E-state index is 0.208. The number of ether oxygens (including phenoxy) is 2. The maximum Gasteiger partial charge on any atom is 0.153 e. The molecule has 4 aromatic carbocycles. The first kappa shape index (κ1) is 21.4. The van der Waals surface area contributed by atoms with Crippen LogP contribution < -0.4 is 9.47 Å². The highest BCUT2D eigenvalue weighted by Gasteiger charge is 2.18. The number of hydrogen-bond acceptors (Lipinski definition) is 3. The minimum atomic E-state index is -0.208. The van der Waals surface area contributed by atoms with Gasteiger partial charge in [0.25, 0.3) is 0 Å². The molecule has 0 N–H and O–H groups in total. The monoisotopic (exact) mass is 456 g/mol. The lowest BCUT2D eigenvalue weighted by Crippen LogP contribution is -2.13. The molecular formula is C28H25ClN2O2. The smallest absolute Gasteiger partial charge is 0.153 e. The predicted octanol–water partition coefficient (Wildman–Crippen LogP) is 7.45. The Morgan fingerprint density at radius 2 is 1.58 bits per heavy atom. The van der Waals surface area contributed by atoms with Gasteiger partial charge in [-0.05, 0) is 72.6 Å². The molecule has 0 aliphatic carbocycles. The van der Waals surface area contributed by atoms with Gasteiger partial charge in [0.15, 0.2) is 11.9 Å². The molecule has 0 saturated carbocycles. The average molecular weight is 457 g/mol. The van der Waals surface area contributed by atoms with Gasteiger partial charge in [-0.3, -0.25) is 0 Å². The van der Waals surface area contributed by atoms with Crippen molar-refractivity contribution in [2.45, 2.75) is 26.0 Å². The molecule has 0 fully saturated rings. The van der Waals surface area contributed by atoms with Crippen molar-refractivity contribution >= 4 is 33.4 Å². The summed E-state index contributed by atoms with van der Waals surface area (Å²) < 4.78 is 14.5. The van der Waals surface area contributed by atoms with Crippen molar-refractivity contribution in [1.82, 2.24) is 9.55 Å². The molecular weight excluding hydrogens is 432 g/mol. The molecule has 5 rings (SSSR count). The number of nitrogens with zero attached hydrogens (tertiary/aromatic N) is 2. The normalized spacial score (nSPS) is 12.2. The first-order valence-corrected chi connectivity index (χ1v) is 11.5. The SMILES string of the molecule is CC(Oc1ccc(Cl)cc1)c1nc2ccccc2n1CCCOc1ccc2ccccc2c1. The van der Waals surface area contributed by atoms with Crippen LogP contribution >= 0.6 is 11.6 Å². The van der Waals surface area contributed by atoms with Crippen LogP contribution in [0.4, 0.5) is 0 Å². The Balaban J connectivity index is 1.29. The number of aryl methyl sites for hydroxylation is 1. The van der Waals surface area contributed by atoms with E-state index in [2.05, 4.69) is 34.9 Å². The van der Waals surface area contributed by atoms with E-state index < -0.39 is 0 Å². The van der Waals surface area contributed by atoms with Gasteiger partial charge in [-0.2, -0.15) is 0 Å². The van der Waals surface area contributed by atoms with E-state index in [4.69, 9.17) is 26.1 Å². The summed E-state index contributed by atoms with van der Waals surface area (Å²) in [6.07, 6.45) is 0.647. The summed E-state index contributed by atoms with van der Waals surface area (Å²) in [5, 5.41) is 3.09. The lowest BCUT2D eigenvalue weighted by Gasteiger charge is -2.17. The average Bonchev–Trinajstić information content (AvgIpc) is 3.22. The van der Waals surface area contributed by atoms with Crippen LogP contribution in [-0.4, -0.2) is 16.2 Å². The van der Waals surface area contributed by atoms with Gasteiger partial charge < -0.3 is 14.0 Å². The van der Waals surface area contributed by atoms with Crippen molar-refractivity contribution in [3.05, 3.63) is 102 Å². The fourth-order valence-electron chi connectivity index (χ4n) is 4.08. The van der Waals surface area contributed by atoms with Crippen molar-refractivity contribution in [3.63, 3.8) is 0 Å². The minimum Gasteiger partial charge on any atom is -0.494 e. The second-order valence-corrected chi connectivity index (χ2v) is 8.47. The Bertz CT molecular complexity index is 1380. The maximum absolute atomic E-state index is 6.17. The van der Waals surface area contributed by atoms with Gasteiger partial charge >= 0.3 is 0 Å². The van der Waals surface area contributed by atoms with Crippen molar-refractivity contribution in [3.8, 4) is 11.5 Å². The third-order valence-corrected chi connectivity index (χ3v) is 5.94. The molecule has 0 radical (unpaired) electrons. The van der Waals surface area contributed by atoms with Gasteiger partial charge in [0, 0.05) is 11.6 Å². The van der Waals surface area contributed by atoms with Crippen LogP contribution in [0.2, 0.25) is 5.02 Å².